The Hall–Kier alpha value is -3.69. The van der Waals surface area contributed by atoms with Crippen LogP contribution in [0.5, 0.6) is 5.75 Å². The highest BCUT2D eigenvalue weighted by atomic mass is 16.6. The molecular weight excluding hydrogens is 470 g/mol. The van der Waals surface area contributed by atoms with E-state index in [1.807, 2.05) is 37.3 Å². The number of nitrogens with zero attached hydrogens (tertiary/aromatic N) is 3. The summed E-state index contributed by atoms with van der Waals surface area (Å²) in [5.74, 6) is 1.72. The van der Waals surface area contributed by atoms with Gasteiger partial charge in [-0.05, 0) is 50.1 Å². The van der Waals surface area contributed by atoms with Crippen molar-refractivity contribution in [3.8, 4) is 5.75 Å². The third-order valence-corrected chi connectivity index (χ3v) is 6.19. The van der Waals surface area contributed by atoms with E-state index in [9.17, 15) is 4.79 Å². The van der Waals surface area contributed by atoms with Crippen molar-refractivity contribution in [2.24, 2.45) is 0 Å². The molecule has 2 aromatic heterocycles. The molecule has 2 heterocycles. The topological polar surface area (TPSA) is 114 Å². The molecule has 0 aliphatic carbocycles. The van der Waals surface area contributed by atoms with Gasteiger partial charge in [0, 0.05) is 32.0 Å². The van der Waals surface area contributed by atoms with Gasteiger partial charge in [0.05, 0.1) is 24.2 Å². The first kappa shape index (κ1) is 26.4. The van der Waals surface area contributed by atoms with Gasteiger partial charge >= 0.3 is 5.97 Å². The fraction of sp³-hybridized carbons (Fsp3) is 0.393. The summed E-state index contributed by atoms with van der Waals surface area (Å²) in [6.45, 7) is 6.86. The number of nitrogens with two attached hydrogens (primary N) is 1. The second-order valence-electron chi connectivity index (χ2n) is 8.86. The average molecular weight is 506 g/mol. The number of carbonyl (C=O) groups is 1. The minimum atomic E-state index is -0.368. The molecule has 0 aliphatic heterocycles. The van der Waals surface area contributed by atoms with Gasteiger partial charge in [-0.1, -0.05) is 30.3 Å². The van der Waals surface area contributed by atoms with E-state index in [0.717, 1.165) is 58.4 Å². The van der Waals surface area contributed by atoms with Gasteiger partial charge in [-0.15, -0.1) is 0 Å². The number of aryl methyl sites for hydroxylation is 2. The molecule has 0 bridgehead atoms. The first-order valence-corrected chi connectivity index (χ1v) is 12.6. The quantitative estimate of drug-likeness (QED) is 0.208. The Balaban J connectivity index is 1.41. The van der Waals surface area contributed by atoms with Crippen LogP contribution >= 0.6 is 0 Å². The molecule has 0 radical (unpaired) electrons. The van der Waals surface area contributed by atoms with Crippen molar-refractivity contribution in [3.05, 3.63) is 59.4 Å². The summed E-state index contributed by atoms with van der Waals surface area (Å²) in [7, 11) is 1.70. The standard InChI is InChI=1S/C28H35N5O4/c1-4-36-25(34)18-37-23-16-20(11-10-19(23)2)17-30-13-7-14-33-24(12-15-35-3)32-26-27(33)21-8-5-6-9-22(21)31-28(26)29/h5-6,8-11,16,30H,4,7,12-15,17-18H2,1-3H3,(H2,29,31). The summed E-state index contributed by atoms with van der Waals surface area (Å²) in [6.07, 6.45) is 1.60. The van der Waals surface area contributed by atoms with Crippen LogP contribution in [-0.2, 0) is 33.8 Å². The lowest BCUT2D eigenvalue weighted by atomic mass is 10.1. The number of nitrogen functional groups attached to an aromatic ring is 1. The number of hydrogen-bond donors (Lipinski definition) is 2. The molecule has 3 N–H and O–H groups in total. The zero-order valence-electron chi connectivity index (χ0n) is 21.8. The number of esters is 1. The van der Waals surface area contributed by atoms with Crippen LogP contribution in [0.4, 0.5) is 5.82 Å². The second-order valence-corrected chi connectivity index (χ2v) is 8.86. The number of methoxy groups -OCH3 is 1. The molecular formula is C28H35N5O4. The van der Waals surface area contributed by atoms with E-state index >= 15 is 0 Å². The Morgan fingerprint density at radius 3 is 2.81 bits per heavy atom. The van der Waals surface area contributed by atoms with Crippen molar-refractivity contribution in [2.45, 2.75) is 39.8 Å². The molecule has 2 aromatic carbocycles. The SMILES string of the molecule is CCOC(=O)COc1cc(CNCCCn2c(CCOC)nc3c(N)nc4ccccc4c32)ccc1C. The summed E-state index contributed by atoms with van der Waals surface area (Å²) < 4.78 is 18.2. The normalized spacial score (nSPS) is 11.3. The first-order valence-electron chi connectivity index (χ1n) is 12.6. The van der Waals surface area contributed by atoms with E-state index in [1.165, 1.54) is 0 Å². The van der Waals surface area contributed by atoms with Crippen molar-refractivity contribution < 1.29 is 19.0 Å². The molecule has 0 aliphatic rings. The van der Waals surface area contributed by atoms with Gasteiger partial charge in [-0.3, -0.25) is 0 Å². The fourth-order valence-electron chi connectivity index (χ4n) is 4.37. The van der Waals surface area contributed by atoms with Crippen LogP contribution in [0.25, 0.3) is 21.9 Å². The predicted molar refractivity (Wildman–Crippen MR) is 145 cm³/mol. The van der Waals surface area contributed by atoms with Crippen LogP contribution in [0.3, 0.4) is 0 Å². The number of nitrogens with one attached hydrogen (secondary N) is 1. The molecule has 37 heavy (non-hydrogen) atoms. The molecule has 4 aromatic rings. The maximum atomic E-state index is 11.6. The average Bonchev–Trinajstić information content (AvgIpc) is 3.26. The van der Waals surface area contributed by atoms with E-state index in [2.05, 4.69) is 27.0 Å². The van der Waals surface area contributed by atoms with Gasteiger partial charge in [0.2, 0.25) is 0 Å². The third-order valence-electron chi connectivity index (χ3n) is 6.19. The maximum absolute atomic E-state index is 11.6. The summed E-state index contributed by atoms with van der Waals surface area (Å²) >= 11 is 0. The number of benzene rings is 2. The minimum absolute atomic E-state index is 0.0927. The lowest BCUT2D eigenvalue weighted by Gasteiger charge is -2.13. The summed E-state index contributed by atoms with van der Waals surface area (Å²) in [4.78, 5) is 21.0. The molecule has 0 amide bonds. The molecule has 0 spiro atoms. The lowest BCUT2D eigenvalue weighted by molar-refractivity contribution is -0.145. The molecule has 9 nitrogen and oxygen atoms in total. The van der Waals surface area contributed by atoms with Crippen molar-refractivity contribution in [2.75, 3.05) is 39.2 Å². The van der Waals surface area contributed by atoms with Crippen LogP contribution in [-0.4, -0.2) is 54.0 Å². The number of ether oxygens (including phenoxy) is 3. The third kappa shape index (κ3) is 6.36. The van der Waals surface area contributed by atoms with Gasteiger partial charge < -0.3 is 29.8 Å². The highest BCUT2D eigenvalue weighted by molar-refractivity contribution is 6.06. The zero-order chi connectivity index (χ0) is 26.2. The van der Waals surface area contributed by atoms with Crippen molar-refractivity contribution in [1.29, 1.82) is 0 Å². The van der Waals surface area contributed by atoms with Crippen molar-refractivity contribution in [1.82, 2.24) is 19.9 Å². The Labute approximate surface area is 216 Å². The number of carbonyl (C=O) groups excluding carboxylic acids is 1. The minimum Gasteiger partial charge on any atom is -0.482 e. The predicted octanol–water partition coefficient (Wildman–Crippen LogP) is 3.79. The molecule has 9 heteroatoms. The van der Waals surface area contributed by atoms with Gasteiger partial charge in [-0.2, -0.15) is 0 Å². The Bertz CT molecular complexity index is 1370. The fourth-order valence-corrected chi connectivity index (χ4v) is 4.37. The van der Waals surface area contributed by atoms with Gasteiger partial charge in [0.1, 0.15) is 17.1 Å². The number of hydrogen-bond acceptors (Lipinski definition) is 8. The van der Waals surface area contributed by atoms with Crippen LogP contribution in [0.1, 0.15) is 30.3 Å². The van der Waals surface area contributed by atoms with E-state index in [0.29, 0.717) is 37.7 Å². The second kappa shape index (κ2) is 12.5. The molecule has 0 saturated heterocycles. The van der Waals surface area contributed by atoms with Crippen LogP contribution in [0.2, 0.25) is 0 Å². The van der Waals surface area contributed by atoms with Crippen molar-refractivity contribution in [3.63, 3.8) is 0 Å². The van der Waals surface area contributed by atoms with Crippen LogP contribution in [0.15, 0.2) is 42.5 Å². The number of aromatic nitrogens is 3. The summed E-state index contributed by atoms with van der Waals surface area (Å²) in [5, 5.41) is 4.56. The van der Waals surface area contributed by atoms with E-state index in [-0.39, 0.29) is 12.6 Å². The van der Waals surface area contributed by atoms with Crippen LogP contribution < -0.4 is 15.8 Å². The maximum Gasteiger partial charge on any atom is 0.344 e. The molecule has 4 rings (SSSR count). The van der Waals surface area contributed by atoms with E-state index in [4.69, 9.17) is 24.9 Å². The summed E-state index contributed by atoms with van der Waals surface area (Å²) in [5.41, 5.74) is 11.0. The Morgan fingerprint density at radius 2 is 2.00 bits per heavy atom. The summed E-state index contributed by atoms with van der Waals surface area (Å²) in [6, 6.07) is 14.1. The van der Waals surface area contributed by atoms with E-state index < -0.39 is 0 Å². The number of imidazole rings is 1. The van der Waals surface area contributed by atoms with Crippen LogP contribution in [0, 0.1) is 6.92 Å². The Kier molecular flexibility index (Phi) is 8.92. The van der Waals surface area contributed by atoms with Gasteiger partial charge in [0.25, 0.3) is 0 Å². The monoisotopic (exact) mass is 505 g/mol. The van der Waals surface area contributed by atoms with E-state index in [1.54, 1.807) is 14.0 Å². The van der Waals surface area contributed by atoms with Crippen molar-refractivity contribution >= 4 is 33.7 Å². The number of fused-ring (bicyclic) bond motifs is 3. The molecule has 0 atom stereocenters. The van der Waals surface area contributed by atoms with Gasteiger partial charge in [-0.25, -0.2) is 14.8 Å². The lowest BCUT2D eigenvalue weighted by Crippen LogP contribution is -2.18. The zero-order valence-corrected chi connectivity index (χ0v) is 21.8. The van der Waals surface area contributed by atoms with Gasteiger partial charge in [0.15, 0.2) is 12.4 Å². The molecule has 0 saturated carbocycles. The number of para-hydroxylation sites is 1. The highest BCUT2D eigenvalue weighted by Gasteiger charge is 2.17. The smallest absolute Gasteiger partial charge is 0.344 e. The Morgan fingerprint density at radius 1 is 1.16 bits per heavy atom. The molecule has 196 valence electrons. The largest absolute Gasteiger partial charge is 0.482 e. The number of anilines is 1. The number of rotatable bonds is 13. The highest BCUT2D eigenvalue weighted by Crippen LogP contribution is 2.29. The number of pyridine rings is 1. The molecule has 0 fully saturated rings. The molecule has 0 unspecified atom stereocenters. The first-order chi connectivity index (χ1) is 18.0.